The van der Waals surface area contributed by atoms with Gasteiger partial charge in [-0.25, -0.2) is 4.79 Å². The van der Waals surface area contributed by atoms with Crippen LogP contribution in [0.1, 0.15) is 10.4 Å². The fraction of sp³-hybridized carbons (Fsp3) is 0.192. The van der Waals surface area contributed by atoms with Crippen LogP contribution in [0.25, 0.3) is 11.1 Å². The van der Waals surface area contributed by atoms with Crippen molar-refractivity contribution in [3.05, 3.63) is 93.9 Å². The molecule has 2 amide bonds. The molecule has 0 spiro atoms. The normalized spacial score (nSPS) is 13.7. The molecule has 178 valence electrons. The third kappa shape index (κ3) is 4.93. The predicted octanol–water partition coefficient (Wildman–Crippen LogP) is 3.85. The van der Waals surface area contributed by atoms with E-state index in [0.717, 1.165) is 5.69 Å². The number of benzene rings is 3. The van der Waals surface area contributed by atoms with Crippen molar-refractivity contribution < 1.29 is 14.0 Å². The molecule has 1 N–H and O–H groups in total. The van der Waals surface area contributed by atoms with E-state index >= 15 is 0 Å². The molecule has 9 heteroatoms. The number of aromatic nitrogens is 1. The van der Waals surface area contributed by atoms with E-state index in [1.54, 1.807) is 35.2 Å². The van der Waals surface area contributed by atoms with Crippen LogP contribution in [0.4, 0.5) is 11.4 Å². The summed E-state index contributed by atoms with van der Waals surface area (Å²) < 4.78 is 6.59. The summed E-state index contributed by atoms with van der Waals surface area (Å²) in [6.45, 7) is 2.28. The summed E-state index contributed by atoms with van der Waals surface area (Å²) >= 11 is 5.97. The Morgan fingerprint density at radius 3 is 2.34 bits per heavy atom. The summed E-state index contributed by atoms with van der Waals surface area (Å²) in [7, 11) is 0. The van der Waals surface area contributed by atoms with Gasteiger partial charge in [0.1, 0.15) is 6.54 Å². The Morgan fingerprint density at radius 2 is 1.63 bits per heavy atom. The van der Waals surface area contributed by atoms with Crippen LogP contribution in [0.15, 0.2) is 82.0 Å². The molecule has 0 atom stereocenters. The predicted molar refractivity (Wildman–Crippen MR) is 135 cm³/mol. The first-order valence-electron chi connectivity index (χ1n) is 11.3. The lowest BCUT2D eigenvalue weighted by Gasteiger charge is -2.36. The number of piperazine rings is 1. The van der Waals surface area contributed by atoms with Crippen molar-refractivity contribution in [1.29, 1.82) is 0 Å². The van der Waals surface area contributed by atoms with Crippen molar-refractivity contribution in [3.8, 4) is 0 Å². The van der Waals surface area contributed by atoms with Gasteiger partial charge in [-0.1, -0.05) is 29.8 Å². The number of nitrogens with one attached hydrogen (secondary N) is 1. The van der Waals surface area contributed by atoms with Crippen molar-refractivity contribution in [2.75, 3.05) is 36.4 Å². The number of fused-ring (bicyclic) bond motifs is 1. The van der Waals surface area contributed by atoms with Gasteiger partial charge in [0, 0.05) is 48.1 Å². The van der Waals surface area contributed by atoms with E-state index in [-0.39, 0.29) is 18.4 Å². The van der Waals surface area contributed by atoms with Gasteiger partial charge < -0.3 is 19.5 Å². The fourth-order valence-electron chi connectivity index (χ4n) is 4.18. The van der Waals surface area contributed by atoms with Crippen molar-refractivity contribution in [2.24, 2.45) is 0 Å². The van der Waals surface area contributed by atoms with Crippen molar-refractivity contribution >= 4 is 45.9 Å². The van der Waals surface area contributed by atoms with Crippen LogP contribution >= 0.6 is 11.6 Å². The number of hydrogen-bond acceptors (Lipinski definition) is 5. The zero-order valence-corrected chi connectivity index (χ0v) is 19.6. The third-order valence-corrected chi connectivity index (χ3v) is 6.33. The summed E-state index contributed by atoms with van der Waals surface area (Å²) in [5, 5.41) is 3.50. The van der Waals surface area contributed by atoms with E-state index in [1.807, 2.05) is 42.5 Å². The molecule has 0 unspecified atom stereocenters. The second-order valence-electron chi connectivity index (χ2n) is 8.30. The molecule has 0 radical (unpaired) electrons. The Balaban J connectivity index is 1.29. The summed E-state index contributed by atoms with van der Waals surface area (Å²) in [5.41, 5.74) is 2.81. The smallest absolute Gasteiger partial charge is 0.408 e. The maximum atomic E-state index is 13.0. The third-order valence-electron chi connectivity index (χ3n) is 6.08. The maximum absolute atomic E-state index is 13.0. The zero-order valence-electron chi connectivity index (χ0n) is 18.8. The molecule has 1 aliphatic heterocycles. The van der Waals surface area contributed by atoms with E-state index in [4.69, 9.17) is 16.0 Å². The summed E-state index contributed by atoms with van der Waals surface area (Å²) in [6, 6.07) is 21.4. The molecule has 0 saturated carbocycles. The van der Waals surface area contributed by atoms with Gasteiger partial charge in [-0.15, -0.1) is 0 Å². The molecule has 0 aliphatic carbocycles. The van der Waals surface area contributed by atoms with Crippen LogP contribution in [0.3, 0.4) is 0 Å². The monoisotopic (exact) mass is 490 g/mol. The molecule has 35 heavy (non-hydrogen) atoms. The van der Waals surface area contributed by atoms with Gasteiger partial charge in [0.15, 0.2) is 5.58 Å². The van der Waals surface area contributed by atoms with E-state index in [9.17, 15) is 14.4 Å². The minimum atomic E-state index is -0.631. The molecule has 8 nitrogen and oxygen atoms in total. The minimum Gasteiger partial charge on any atom is -0.408 e. The Labute approximate surface area is 206 Å². The van der Waals surface area contributed by atoms with Gasteiger partial charge in [-0.05, 0) is 54.6 Å². The van der Waals surface area contributed by atoms with Gasteiger partial charge >= 0.3 is 5.76 Å². The highest BCUT2D eigenvalue weighted by Gasteiger charge is 2.23. The van der Waals surface area contributed by atoms with Gasteiger partial charge in [-0.3, -0.25) is 14.2 Å². The number of halogens is 1. The number of hydrogen-bond donors (Lipinski definition) is 1. The lowest BCUT2D eigenvalue weighted by atomic mass is 10.2. The molecule has 4 aromatic rings. The van der Waals surface area contributed by atoms with Crippen molar-refractivity contribution in [2.45, 2.75) is 6.54 Å². The highest BCUT2D eigenvalue weighted by molar-refractivity contribution is 6.30. The molecule has 1 aromatic heterocycles. The van der Waals surface area contributed by atoms with E-state index in [0.29, 0.717) is 53.6 Å². The number of carbonyl (C=O) groups excluding carboxylic acids is 2. The lowest BCUT2D eigenvalue weighted by Crippen LogP contribution is -2.50. The highest BCUT2D eigenvalue weighted by atomic mass is 35.5. The molecular formula is C26H23ClN4O4. The Morgan fingerprint density at radius 1 is 0.914 bits per heavy atom. The van der Waals surface area contributed by atoms with Crippen LogP contribution in [-0.4, -0.2) is 47.5 Å². The van der Waals surface area contributed by atoms with Gasteiger partial charge in [-0.2, -0.15) is 0 Å². The number of anilines is 2. The lowest BCUT2D eigenvalue weighted by molar-refractivity contribution is -0.132. The first kappa shape index (κ1) is 22.7. The van der Waals surface area contributed by atoms with Crippen LogP contribution < -0.4 is 16.0 Å². The highest BCUT2D eigenvalue weighted by Crippen LogP contribution is 2.20. The summed E-state index contributed by atoms with van der Waals surface area (Å²) in [5.74, 6) is -1.12. The molecule has 0 bridgehead atoms. The van der Waals surface area contributed by atoms with E-state index in [2.05, 4.69) is 10.2 Å². The number of para-hydroxylation sites is 1. The second-order valence-corrected chi connectivity index (χ2v) is 8.74. The molecule has 2 heterocycles. The fourth-order valence-corrected chi connectivity index (χ4v) is 4.31. The Kier molecular flexibility index (Phi) is 6.29. The molecule has 1 saturated heterocycles. The van der Waals surface area contributed by atoms with Gasteiger partial charge in [0.05, 0.1) is 5.52 Å². The molecule has 3 aromatic carbocycles. The Bertz CT molecular complexity index is 1420. The van der Waals surface area contributed by atoms with E-state index < -0.39 is 5.76 Å². The van der Waals surface area contributed by atoms with Gasteiger partial charge in [0.25, 0.3) is 5.91 Å². The SMILES string of the molecule is O=C(Nc1ccccc1)c1ccc2oc(=O)n(CC(=O)N3CCN(c4ccc(Cl)cc4)CC3)c2c1. The quantitative estimate of drug-likeness (QED) is 0.459. The standard InChI is InChI=1S/C26H23ClN4O4/c27-19-7-9-21(10-8-19)29-12-14-30(15-13-29)24(32)17-31-22-16-18(6-11-23(22)35-26(31)34)25(33)28-20-4-2-1-3-5-20/h1-11,16H,12-15,17H2,(H,28,33). The summed E-state index contributed by atoms with van der Waals surface area (Å²) in [4.78, 5) is 42.1. The molecule has 1 fully saturated rings. The van der Waals surface area contributed by atoms with Crippen LogP contribution in [-0.2, 0) is 11.3 Å². The topological polar surface area (TPSA) is 87.8 Å². The number of carbonyl (C=O) groups is 2. The van der Waals surface area contributed by atoms with Crippen molar-refractivity contribution in [1.82, 2.24) is 9.47 Å². The van der Waals surface area contributed by atoms with Gasteiger partial charge in [0.2, 0.25) is 5.91 Å². The van der Waals surface area contributed by atoms with Crippen LogP contribution in [0.5, 0.6) is 0 Å². The molecule has 5 rings (SSSR count). The second kappa shape index (κ2) is 9.68. The summed E-state index contributed by atoms with van der Waals surface area (Å²) in [6.07, 6.45) is 0. The van der Waals surface area contributed by atoms with E-state index in [1.165, 1.54) is 4.57 Å². The Hall–Kier alpha value is -4.04. The number of nitrogens with zero attached hydrogens (tertiary/aromatic N) is 3. The maximum Gasteiger partial charge on any atom is 0.420 e. The average molecular weight is 491 g/mol. The van der Waals surface area contributed by atoms with Crippen LogP contribution in [0.2, 0.25) is 5.02 Å². The first-order valence-corrected chi connectivity index (χ1v) is 11.6. The number of oxazole rings is 1. The largest absolute Gasteiger partial charge is 0.420 e. The van der Waals surface area contributed by atoms with Crippen LogP contribution in [0, 0.1) is 0 Å². The minimum absolute atomic E-state index is 0.156. The molecular weight excluding hydrogens is 468 g/mol. The zero-order chi connectivity index (χ0) is 24.4. The first-order chi connectivity index (χ1) is 17.0. The number of rotatable bonds is 5. The average Bonchev–Trinajstić information content (AvgIpc) is 3.19. The number of amides is 2. The van der Waals surface area contributed by atoms with Crippen molar-refractivity contribution in [3.63, 3.8) is 0 Å². The molecule has 1 aliphatic rings.